The monoisotopic (exact) mass is 366 g/mol. The molecule has 0 unspecified atom stereocenters. The molecule has 26 heavy (non-hydrogen) atoms. The third kappa shape index (κ3) is 5.69. The van der Waals surface area contributed by atoms with Gasteiger partial charge in [-0.15, -0.1) is 0 Å². The van der Waals surface area contributed by atoms with Gasteiger partial charge in [-0.25, -0.2) is 4.79 Å². The largest absolute Gasteiger partial charge is 0.493 e. The minimum atomic E-state index is -2.97. The molecule has 1 aromatic heterocycles. The van der Waals surface area contributed by atoms with Crippen molar-refractivity contribution < 1.29 is 32.6 Å². The van der Waals surface area contributed by atoms with Crippen LogP contribution >= 0.6 is 0 Å². The SMILES string of the molecule is COc1cc(CNC(=O)COC(=O)c2cccnc2)ccc1OC(F)F. The van der Waals surface area contributed by atoms with E-state index in [0.29, 0.717) is 5.56 Å². The minimum Gasteiger partial charge on any atom is -0.493 e. The van der Waals surface area contributed by atoms with Crippen LogP contribution in [0.25, 0.3) is 0 Å². The molecule has 0 fully saturated rings. The first-order valence-electron chi connectivity index (χ1n) is 7.45. The molecule has 0 aliphatic carbocycles. The van der Waals surface area contributed by atoms with Gasteiger partial charge in [0.25, 0.3) is 5.91 Å². The molecule has 9 heteroatoms. The molecular formula is C17H16F2N2O5. The number of pyridine rings is 1. The second kappa shape index (κ2) is 9.30. The zero-order chi connectivity index (χ0) is 18.9. The van der Waals surface area contributed by atoms with Gasteiger partial charge in [0.05, 0.1) is 12.7 Å². The number of rotatable bonds is 8. The van der Waals surface area contributed by atoms with Crippen molar-refractivity contribution >= 4 is 11.9 Å². The highest BCUT2D eigenvalue weighted by Crippen LogP contribution is 2.29. The molecule has 0 aliphatic rings. The molecule has 0 atom stereocenters. The summed E-state index contributed by atoms with van der Waals surface area (Å²) < 4.78 is 38.7. The predicted molar refractivity (Wildman–Crippen MR) is 86.0 cm³/mol. The standard InChI is InChI=1S/C17H16F2N2O5/c1-24-14-7-11(4-5-13(14)26-17(18)19)8-21-15(22)10-25-16(23)12-3-2-6-20-9-12/h2-7,9,17H,8,10H2,1H3,(H,21,22). The van der Waals surface area contributed by atoms with E-state index in [4.69, 9.17) is 9.47 Å². The van der Waals surface area contributed by atoms with Crippen molar-refractivity contribution in [3.8, 4) is 11.5 Å². The molecular weight excluding hydrogens is 350 g/mol. The number of hydrogen-bond donors (Lipinski definition) is 1. The first kappa shape index (κ1) is 19.1. The number of esters is 1. The molecule has 0 aliphatic heterocycles. The molecule has 2 aromatic rings. The summed E-state index contributed by atoms with van der Waals surface area (Å²) >= 11 is 0. The number of alkyl halides is 2. The van der Waals surface area contributed by atoms with Crippen LogP contribution < -0.4 is 14.8 Å². The number of carbonyl (C=O) groups excluding carboxylic acids is 2. The van der Waals surface area contributed by atoms with Crippen LogP contribution in [0.1, 0.15) is 15.9 Å². The van der Waals surface area contributed by atoms with Gasteiger partial charge in [-0.3, -0.25) is 9.78 Å². The Hall–Kier alpha value is -3.23. The fraction of sp³-hybridized carbons (Fsp3) is 0.235. The number of methoxy groups -OCH3 is 1. The molecule has 1 amide bonds. The summed E-state index contributed by atoms with van der Waals surface area (Å²) in [6.45, 7) is -3.34. The highest BCUT2D eigenvalue weighted by Gasteiger charge is 2.12. The van der Waals surface area contributed by atoms with E-state index < -0.39 is 25.1 Å². The van der Waals surface area contributed by atoms with E-state index in [2.05, 4.69) is 15.0 Å². The lowest BCUT2D eigenvalue weighted by Gasteiger charge is -2.12. The molecule has 1 N–H and O–H groups in total. The molecule has 138 valence electrons. The van der Waals surface area contributed by atoms with Gasteiger partial charge in [-0.1, -0.05) is 6.07 Å². The van der Waals surface area contributed by atoms with E-state index in [-0.39, 0.29) is 23.6 Å². The number of nitrogens with zero attached hydrogens (tertiary/aromatic N) is 1. The van der Waals surface area contributed by atoms with Crippen molar-refractivity contribution in [1.29, 1.82) is 0 Å². The molecule has 2 rings (SSSR count). The van der Waals surface area contributed by atoms with Crippen LogP contribution in [0.15, 0.2) is 42.7 Å². The van der Waals surface area contributed by atoms with Crippen molar-refractivity contribution in [3.63, 3.8) is 0 Å². The maximum absolute atomic E-state index is 12.3. The smallest absolute Gasteiger partial charge is 0.387 e. The molecule has 0 saturated carbocycles. The van der Waals surface area contributed by atoms with Crippen molar-refractivity contribution in [2.75, 3.05) is 13.7 Å². The fourth-order valence-corrected chi connectivity index (χ4v) is 1.96. The Bertz CT molecular complexity index is 756. The van der Waals surface area contributed by atoms with Crippen LogP contribution in [0.3, 0.4) is 0 Å². The van der Waals surface area contributed by atoms with Crippen molar-refractivity contribution in [1.82, 2.24) is 10.3 Å². The summed E-state index contributed by atoms with van der Waals surface area (Å²) in [7, 11) is 1.31. The lowest BCUT2D eigenvalue weighted by molar-refractivity contribution is -0.124. The molecule has 1 aromatic carbocycles. The molecule has 1 heterocycles. The summed E-state index contributed by atoms with van der Waals surface area (Å²) in [4.78, 5) is 27.2. The Morgan fingerprint density at radius 1 is 1.23 bits per heavy atom. The van der Waals surface area contributed by atoms with Gasteiger partial charge in [0.15, 0.2) is 18.1 Å². The molecule has 0 radical (unpaired) electrons. The second-order valence-electron chi connectivity index (χ2n) is 4.96. The van der Waals surface area contributed by atoms with Gasteiger partial charge < -0.3 is 19.5 Å². The van der Waals surface area contributed by atoms with Gasteiger partial charge in [0.1, 0.15) is 0 Å². The van der Waals surface area contributed by atoms with Crippen LogP contribution in [0, 0.1) is 0 Å². The van der Waals surface area contributed by atoms with Crippen LogP contribution in [0.2, 0.25) is 0 Å². The summed E-state index contributed by atoms with van der Waals surface area (Å²) in [6.07, 6.45) is 2.84. The summed E-state index contributed by atoms with van der Waals surface area (Å²) in [5.41, 5.74) is 0.829. The van der Waals surface area contributed by atoms with E-state index in [1.54, 1.807) is 6.07 Å². The Labute approximate surface area is 147 Å². The lowest BCUT2D eigenvalue weighted by Crippen LogP contribution is -2.28. The third-order valence-corrected chi connectivity index (χ3v) is 3.17. The normalized spacial score (nSPS) is 10.3. The molecule has 0 saturated heterocycles. The molecule has 0 spiro atoms. The van der Waals surface area contributed by atoms with Crippen LogP contribution in [-0.4, -0.2) is 37.2 Å². The number of halogens is 2. The highest BCUT2D eigenvalue weighted by atomic mass is 19.3. The quantitative estimate of drug-likeness (QED) is 0.721. The van der Waals surface area contributed by atoms with Crippen molar-refractivity contribution in [2.24, 2.45) is 0 Å². The third-order valence-electron chi connectivity index (χ3n) is 3.17. The number of aromatic nitrogens is 1. The highest BCUT2D eigenvalue weighted by molar-refractivity contribution is 5.90. The lowest BCUT2D eigenvalue weighted by atomic mass is 10.2. The number of hydrogen-bond acceptors (Lipinski definition) is 6. The van der Waals surface area contributed by atoms with E-state index in [1.807, 2.05) is 0 Å². The maximum atomic E-state index is 12.3. The predicted octanol–water partition coefficient (Wildman–Crippen LogP) is 2.16. The summed E-state index contributed by atoms with van der Waals surface area (Å²) in [5.74, 6) is -1.18. The van der Waals surface area contributed by atoms with Gasteiger partial charge in [0, 0.05) is 18.9 Å². The van der Waals surface area contributed by atoms with Gasteiger partial charge in [-0.05, 0) is 29.8 Å². The number of ether oxygens (including phenoxy) is 3. The van der Waals surface area contributed by atoms with E-state index in [0.717, 1.165) is 0 Å². The summed E-state index contributed by atoms with van der Waals surface area (Å²) in [6, 6.07) is 7.37. The van der Waals surface area contributed by atoms with Crippen LogP contribution in [0.4, 0.5) is 8.78 Å². The number of benzene rings is 1. The zero-order valence-electron chi connectivity index (χ0n) is 13.8. The van der Waals surface area contributed by atoms with Crippen molar-refractivity contribution in [3.05, 3.63) is 53.9 Å². The van der Waals surface area contributed by atoms with Crippen molar-refractivity contribution in [2.45, 2.75) is 13.2 Å². The summed E-state index contributed by atoms with van der Waals surface area (Å²) in [5, 5.41) is 2.54. The second-order valence-corrected chi connectivity index (χ2v) is 4.96. The Morgan fingerprint density at radius 3 is 2.69 bits per heavy atom. The molecule has 0 bridgehead atoms. The average molecular weight is 366 g/mol. The van der Waals surface area contributed by atoms with Gasteiger partial charge in [-0.2, -0.15) is 8.78 Å². The number of amides is 1. The van der Waals surface area contributed by atoms with E-state index in [1.165, 1.54) is 43.8 Å². The first-order valence-corrected chi connectivity index (χ1v) is 7.45. The van der Waals surface area contributed by atoms with E-state index in [9.17, 15) is 18.4 Å². The number of nitrogens with one attached hydrogen (secondary N) is 1. The Kier molecular flexibility index (Phi) is 6.84. The first-order chi connectivity index (χ1) is 12.5. The number of carbonyl (C=O) groups is 2. The molecule has 7 nitrogen and oxygen atoms in total. The van der Waals surface area contributed by atoms with E-state index >= 15 is 0 Å². The van der Waals surface area contributed by atoms with Gasteiger partial charge >= 0.3 is 12.6 Å². The minimum absolute atomic E-state index is 0.0919. The van der Waals surface area contributed by atoms with Crippen LogP contribution in [-0.2, 0) is 16.1 Å². The van der Waals surface area contributed by atoms with Crippen LogP contribution in [0.5, 0.6) is 11.5 Å². The fourth-order valence-electron chi connectivity index (χ4n) is 1.96. The Balaban J connectivity index is 1.84. The Morgan fingerprint density at radius 2 is 2.04 bits per heavy atom. The zero-order valence-corrected chi connectivity index (χ0v) is 13.8. The average Bonchev–Trinajstić information content (AvgIpc) is 2.65. The van der Waals surface area contributed by atoms with Gasteiger partial charge in [0.2, 0.25) is 0 Å². The topological polar surface area (TPSA) is 86.8 Å². The maximum Gasteiger partial charge on any atom is 0.387 e.